The zero-order chi connectivity index (χ0) is 38.1. The van der Waals surface area contributed by atoms with Crippen LogP contribution in [0.2, 0.25) is 0 Å². The Morgan fingerprint density at radius 1 is 0.592 bits per heavy atom. The van der Waals surface area contributed by atoms with Crippen LogP contribution in [-0.2, 0) is 9.53 Å². The zero-order valence-corrected chi connectivity index (χ0v) is 24.4. The topological polar surface area (TPSA) is 26.3 Å². The summed E-state index contributed by atoms with van der Waals surface area (Å²) in [5, 5.41) is 0. The van der Waals surface area contributed by atoms with Crippen molar-refractivity contribution in [2.45, 2.75) is 105 Å². The fourth-order valence-corrected chi connectivity index (χ4v) is 8.65. The average molecular weight is 760 g/mol. The van der Waals surface area contributed by atoms with Crippen molar-refractivity contribution in [2.24, 2.45) is 41.4 Å². The molecule has 4 saturated carbocycles. The molecule has 0 aromatic carbocycles. The maximum atomic E-state index is 15.3. The second-order valence-electron chi connectivity index (χ2n) is 13.5. The predicted molar refractivity (Wildman–Crippen MR) is 123 cm³/mol. The monoisotopic (exact) mass is 760 g/mol. The van der Waals surface area contributed by atoms with Gasteiger partial charge in [-0.2, -0.15) is 87.8 Å². The Kier molecular flexibility index (Phi) is 8.82. The molecule has 4 fully saturated rings. The van der Waals surface area contributed by atoms with Gasteiger partial charge in [-0.3, -0.25) is 0 Å². The van der Waals surface area contributed by atoms with Gasteiger partial charge in [0.2, 0.25) is 0 Å². The molecular formula is C27H24F20O2. The first-order valence-electron chi connectivity index (χ1n) is 14.3. The highest BCUT2D eigenvalue weighted by molar-refractivity contribution is 5.89. The summed E-state index contributed by atoms with van der Waals surface area (Å²) in [6.07, 6.45) is -15.1. The molecule has 0 aromatic heterocycles. The average Bonchev–Trinajstić information content (AvgIpc) is 3.71. The third kappa shape index (κ3) is 5.30. The lowest BCUT2D eigenvalue weighted by molar-refractivity contribution is -0.462. The van der Waals surface area contributed by atoms with Crippen molar-refractivity contribution >= 4 is 5.97 Å². The minimum absolute atomic E-state index is 0.0886. The molecule has 4 rings (SSSR count). The summed E-state index contributed by atoms with van der Waals surface area (Å²) >= 11 is 0. The molecule has 0 aromatic rings. The van der Waals surface area contributed by atoms with E-state index in [1.165, 1.54) is 0 Å². The summed E-state index contributed by atoms with van der Waals surface area (Å²) in [5.41, 5.74) is -5.90. The standard InChI is InChI=1S/C27H24F20O2/c1-9(20(30,31)32)17(48)49-18(2,14-7-12-6-13(14)16-11-4-3-10(5-11)15(12)16)8-19(28,29)21(33,34)22(35,36)23(37,38)24(39,40)25(41,42)26(43,44)27(45,46)47/h10-16H,1,3-8H2,2H3. The van der Waals surface area contributed by atoms with Crippen molar-refractivity contribution in [3.8, 4) is 0 Å². The molecule has 0 heterocycles. The van der Waals surface area contributed by atoms with E-state index in [2.05, 4.69) is 11.3 Å². The predicted octanol–water partition coefficient (Wildman–Crippen LogP) is 10.1. The van der Waals surface area contributed by atoms with Gasteiger partial charge in [0.1, 0.15) is 11.2 Å². The van der Waals surface area contributed by atoms with E-state index in [1.54, 1.807) is 0 Å². The van der Waals surface area contributed by atoms with Crippen LogP contribution in [0.1, 0.15) is 45.4 Å². The van der Waals surface area contributed by atoms with Crippen molar-refractivity contribution in [3.63, 3.8) is 0 Å². The van der Waals surface area contributed by atoms with Gasteiger partial charge in [0, 0.05) is 5.92 Å². The lowest BCUT2D eigenvalue weighted by Crippen LogP contribution is -2.74. The van der Waals surface area contributed by atoms with Crippen molar-refractivity contribution in [1.29, 1.82) is 0 Å². The Labute approximate surface area is 262 Å². The number of carbonyl (C=O) groups excluding carboxylic acids is 1. The van der Waals surface area contributed by atoms with Crippen LogP contribution in [-0.4, -0.2) is 65.4 Å². The summed E-state index contributed by atoms with van der Waals surface area (Å²) < 4.78 is 280. The van der Waals surface area contributed by atoms with E-state index in [9.17, 15) is 83.8 Å². The second-order valence-corrected chi connectivity index (χ2v) is 13.5. The summed E-state index contributed by atoms with van der Waals surface area (Å²) in [4.78, 5) is 12.3. The molecule has 0 aliphatic heterocycles. The highest BCUT2D eigenvalue weighted by Gasteiger charge is 2.95. The highest BCUT2D eigenvalue weighted by Crippen LogP contribution is 2.71. The summed E-state index contributed by atoms with van der Waals surface area (Å²) in [7, 11) is 0. The van der Waals surface area contributed by atoms with E-state index >= 15 is 8.78 Å². The van der Waals surface area contributed by atoms with Crippen LogP contribution in [0.25, 0.3) is 0 Å². The van der Waals surface area contributed by atoms with Gasteiger partial charge in [-0.15, -0.1) is 0 Å². The lowest BCUT2D eigenvalue weighted by Gasteiger charge is -2.48. The van der Waals surface area contributed by atoms with Crippen LogP contribution in [0.5, 0.6) is 0 Å². The zero-order valence-electron chi connectivity index (χ0n) is 24.4. The highest BCUT2D eigenvalue weighted by atomic mass is 19.4. The molecule has 4 bridgehead atoms. The number of esters is 1. The van der Waals surface area contributed by atoms with Crippen LogP contribution in [0.15, 0.2) is 12.2 Å². The number of hydrogen-bond acceptors (Lipinski definition) is 2. The normalized spacial score (nSPS) is 31.2. The van der Waals surface area contributed by atoms with E-state index in [4.69, 9.17) is 0 Å². The van der Waals surface area contributed by atoms with E-state index in [0.717, 1.165) is 6.42 Å². The van der Waals surface area contributed by atoms with E-state index in [-0.39, 0.29) is 37.5 Å². The quantitative estimate of drug-likeness (QED) is 0.0908. The number of halogens is 20. The summed E-state index contributed by atoms with van der Waals surface area (Å²) in [5.74, 6) is -64.4. The molecule has 4 aliphatic carbocycles. The molecule has 2 nitrogen and oxygen atoms in total. The van der Waals surface area contributed by atoms with Gasteiger partial charge in [-0.1, -0.05) is 6.58 Å². The fourth-order valence-electron chi connectivity index (χ4n) is 8.65. The van der Waals surface area contributed by atoms with Crippen LogP contribution in [0, 0.1) is 41.4 Å². The van der Waals surface area contributed by atoms with Crippen LogP contribution in [0.4, 0.5) is 87.8 Å². The van der Waals surface area contributed by atoms with Crippen molar-refractivity contribution < 1.29 is 97.3 Å². The van der Waals surface area contributed by atoms with Crippen LogP contribution < -0.4 is 0 Å². The van der Waals surface area contributed by atoms with Gasteiger partial charge in [0.15, 0.2) is 0 Å². The fraction of sp³-hybridized carbons (Fsp3) is 0.889. The third-order valence-electron chi connectivity index (χ3n) is 10.8. The molecule has 4 aliphatic rings. The van der Waals surface area contributed by atoms with Crippen molar-refractivity contribution in [2.75, 3.05) is 0 Å². The van der Waals surface area contributed by atoms with E-state index in [1.807, 2.05) is 0 Å². The molecule has 0 spiro atoms. The number of fused-ring (bicyclic) bond motifs is 9. The third-order valence-corrected chi connectivity index (χ3v) is 10.8. The van der Waals surface area contributed by atoms with Crippen molar-refractivity contribution in [3.05, 3.63) is 12.2 Å². The Morgan fingerprint density at radius 2 is 1.02 bits per heavy atom. The molecule has 0 N–H and O–H groups in total. The Hall–Kier alpha value is -2.19. The molecule has 0 saturated heterocycles. The van der Waals surface area contributed by atoms with Gasteiger partial charge in [-0.05, 0) is 74.5 Å². The summed E-state index contributed by atoms with van der Waals surface area (Å²) in [6, 6.07) is 0. The number of rotatable bonds is 11. The first-order chi connectivity index (χ1) is 21.6. The summed E-state index contributed by atoms with van der Waals surface area (Å²) in [6.45, 7) is 2.57. The van der Waals surface area contributed by atoms with Gasteiger partial charge in [0.25, 0.3) is 0 Å². The van der Waals surface area contributed by atoms with Gasteiger partial charge >= 0.3 is 59.8 Å². The first kappa shape index (κ1) is 39.6. The largest absolute Gasteiger partial charge is 0.460 e. The first-order valence-corrected chi connectivity index (χ1v) is 14.3. The molecule has 0 radical (unpaired) electrons. The Balaban J connectivity index is 1.75. The number of ether oxygens (including phenoxy) is 1. The molecule has 8 unspecified atom stereocenters. The second kappa shape index (κ2) is 10.9. The maximum Gasteiger partial charge on any atom is 0.460 e. The molecule has 0 amide bonds. The molecule has 284 valence electrons. The number of carbonyl (C=O) groups is 1. The smallest absolute Gasteiger partial charge is 0.455 e. The molecule has 8 atom stereocenters. The van der Waals surface area contributed by atoms with E-state index in [0.29, 0.717) is 12.8 Å². The van der Waals surface area contributed by atoms with E-state index < -0.39 is 101 Å². The minimum Gasteiger partial charge on any atom is -0.455 e. The van der Waals surface area contributed by atoms with Crippen LogP contribution in [0.3, 0.4) is 0 Å². The van der Waals surface area contributed by atoms with Gasteiger partial charge < -0.3 is 4.74 Å². The molecule has 49 heavy (non-hydrogen) atoms. The lowest BCUT2D eigenvalue weighted by atomic mass is 9.63. The molecular weight excluding hydrogens is 736 g/mol. The molecule has 22 heteroatoms. The minimum atomic E-state index is -8.83. The Bertz CT molecular complexity index is 1330. The number of alkyl halides is 20. The maximum absolute atomic E-state index is 15.3. The van der Waals surface area contributed by atoms with Crippen LogP contribution >= 0.6 is 0 Å². The number of hydrogen-bond donors (Lipinski definition) is 0. The SMILES string of the molecule is C=C(C(=O)OC(C)(CC(F)(F)C(F)(F)C(F)(F)C(F)(F)C(F)(F)C(F)(F)C(F)(F)C(F)(F)F)C1CC2CC1C1C3CCC(C3)C21)C(F)(F)F. The van der Waals surface area contributed by atoms with Gasteiger partial charge in [0.05, 0.1) is 6.42 Å². The van der Waals surface area contributed by atoms with Gasteiger partial charge in [-0.25, -0.2) is 4.79 Å². The Morgan fingerprint density at radius 3 is 1.47 bits per heavy atom. The van der Waals surface area contributed by atoms with Crippen molar-refractivity contribution in [1.82, 2.24) is 0 Å².